The molecule has 2 aromatic rings. The number of carbonyl (C=O) groups is 1. The molecule has 0 aromatic heterocycles. The highest BCUT2D eigenvalue weighted by molar-refractivity contribution is 7.89. The van der Waals surface area contributed by atoms with E-state index in [0.29, 0.717) is 36.8 Å². The van der Waals surface area contributed by atoms with E-state index in [1.807, 2.05) is 0 Å². The van der Waals surface area contributed by atoms with E-state index >= 15 is 0 Å². The molecule has 0 aliphatic carbocycles. The Morgan fingerprint density at radius 2 is 1.97 bits per heavy atom. The van der Waals surface area contributed by atoms with Crippen molar-refractivity contribution >= 4 is 21.6 Å². The van der Waals surface area contributed by atoms with Crippen molar-refractivity contribution in [3.05, 3.63) is 53.6 Å². The molecule has 156 valence electrons. The predicted octanol–water partition coefficient (Wildman–Crippen LogP) is 3.32. The zero-order chi connectivity index (χ0) is 21.2. The number of hydrogen-bond acceptors (Lipinski definition) is 4. The fourth-order valence-corrected chi connectivity index (χ4v) is 4.97. The van der Waals surface area contributed by atoms with Crippen LogP contribution in [0.5, 0.6) is 5.75 Å². The molecule has 0 spiro atoms. The van der Waals surface area contributed by atoms with Gasteiger partial charge in [0, 0.05) is 19.2 Å². The summed E-state index contributed by atoms with van der Waals surface area (Å²) in [6.07, 6.45) is 0.973. The van der Waals surface area contributed by atoms with Crippen molar-refractivity contribution < 1.29 is 26.7 Å². The number of sulfonamides is 1. The summed E-state index contributed by atoms with van der Waals surface area (Å²) >= 11 is 0. The lowest BCUT2D eigenvalue weighted by molar-refractivity contribution is -0.120. The van der Waals surface area contributed by atoms with Crippen molar-refractivity contribution in [2.24, 2.45) is 5.92 Å². The first kappa shape index (κ1) is 21.2. The number of anilines is 1. The first-order valence-corrected chi connectivity index (χ1v) is 10.6. The van der Waals surface area contributed by atoms with Crippen molar-refractivity contribution in [3.8, 4) is 5.75 Å². The van der Waals surface area contributed by atoms with E-state index in [4.69, 9.17) is 4.74 Å². The maximum atomic E-state index is 13.8. The van der Waals surface area contributed by atoms with E-state index in [-0.39, 0.29) is 17.1 Å². The third-order valence-corrected chi connectivity index (χ3v) is 6.81. The number of benzene rings is 2. The summed E-state index contributed by atoms with van der Waals surface area (Å²) in [5.74, 6) is -2.18. The van der Waals surface area contributed by atoms with Gasteiger partial charge >= 0.3 is 0 Å². The van der Waals surface area contributed by atoms with Gasteiger partial charge in [-0.15, -0.1) is 0 Å². The number of methoxy groups -OCH3 is 1. The minimum Gasteiger partial charge on any atom is -0.496 e. The molecular weight excluding hydrogens is 402 g/mol. The summed E-state index contributed by atoms with van der Waals surface area (Å²) in [6.45, 7) is 2.03. The molecule has 1 saturated heterocycles. The van der Waals surface area contributed by atoms with E-state index in [1.165, 1.54) is 23.5 Å². The standard InChI is InChI=1S/C20H22F2N2O4S/c1-13-10-16(6-8-19(13)28-2)29(26,27)24-9-3-4-14(12-24)20(25)23-18-7-5-15(21)11-17(18)22/h5-8,10-11,14H,3-4,9,12H2,1-2H3,(H,23,25)/t14-/m1/s1. The first-order chi connectivity index (χ1) is 13.7. The Kier molecular flexibility index (Phi) is 6.18. The van der Waals surface area contributed by atoms with Crippen molar-refractivity contribution in [1.82, 2.24) is 4.31 Å². The number of nitrogens with one attached hydrogen (secondary N) is 1. The molecule has 29 heavy (non-hydrogen) atoms. The van der Waals surface area contributed by atoms with Crippen LogP contribution in [0.4, 0.5) is 14.5 Å². The van der Waals surface area contributed by atoms with Crippen LogP contribution in [0, 0.1) is 24.5 Å². The van der Waals surface area contributed by atoms with Crippen LogP contribution in [0.2, 0.25) is 0 Å². The Morgan fingerprint density at radius 1 is 1.21 bits per heavy atom. The molecule has 1 aliphatic heterocycles. The van der Waals surface area contributed by atoms with Crippen molar-refractivity contribution in [2.45, 2.75) is 24.7 Å². The van der Waals surface area contributed by atoms with Crippen LogP contribution in [0.25, 0.3) is 0 Å². The number of rotatable bonds is 5. The SMILES string of the molecule is COc1ccc(S(=O)(=O)N2CCC[C@@H](C(=O)Nc3ccc(F)cc3F)C2)cc1C. The molecule has 1 N–H and O–H groups in total. The predicted molar refractivity (Wildman–Crippen MR) is 104 cm³/mol. The van der Waals surface area contributed by atoms with Crippen LogP contribution in [0.3, 0.4) is 0 Å². The van der Waals surface area contributed by atoms with Crippen molar-refractivity contribution in [1.29, 1.82) is 0 Å². The number of ether oxygens (including phenoxy) is 1. The van der Waals surface area contributed by atoms with E-state index in [0.717, 1.165) is 12.1 Å². The van der Waals surface area contributed by atoms with Gasteiger partial charge in [0.15, 0.2) is 0 Å². The lowest BCUT2D eigenvalue weighted by Gasteiger charge is -2.31. The fourth-order valence-electron chi connectivity index (χ4n) is 3.36. The molecule has 3 rings (SSSR count). The third kappa shape index (κ3) is 4.56. The van der Waals surface area contributed by atoms with Crippen LogP contribution in [0.1, 0.15) is 18.4 Å². The van der Waals surface area contributed by atoms with Crippen LogP contribution in [-0.2, 0) is 14.8 Å². The molecule has 0 unspecified atom stereocenters. The quantitative estimate of drug-likeness (QED) is 0.799. The highest BCUT2D eigenvalue weighted by Gasteiger charge is 2.33. The number of carbonyl (C=O) groups excluding carboxylic acids is 1. The molecular formula is C20H22F2N2O4S. The van der Waals surface area contributed by atoms with E-state index in [2.05, 4.69) is 5.32 Å². The lowest BCUT2D eigenvalue weighted by Crippen LogP contribution is -2.43. The average Bonchev–Trinajstić information content (AvgIpc) is 2.70. The zero-order valence-corrected chi connectivity index (χ0v) is 16.9. The molecule has 6 nitrogen and oxygen atoms in total. The number of nitrogens with zero attached hydrogens (tertiary/aromatic N) is 1. The number of amides is 1. The smallest absolute Gasteiger partial charge is 0.243 e. The largest absolute Gasteiger partial charge is 0.496 e. The Hall–Kier alpha value is -2.52. The highest BCUT2D eigenvalue weighted by atomic mass is 32.2. The second-order valence-corrected chi connectivity index (χ2v) is 8.88. The number of halogens is 2. The summed E-state index contributed by atoms with van der Waals surface area (Å²) < 4.78 is 59.3. The minimum atomic E-state index is -3.79. The number of hydrogen-bond donors (Lipinski definition) is 1. The molecule has 1 fully saturated rings. The van der Waals surface area contributed by atoms with E-state index < -0.39 is 33.5 Å². The van der Waals surface area contributed by atoms with E-state index in [9.17, 15) is 22.0 Å². The Bertz CT molecular complexity index is 1030. The third-order valence-electron chi connectivity index (χ3n) is 4.95. The van der Waals surface area contributed by atoms with Gasteiger partial charge in [-0.25, -0.2) is 17.2 Å². The average molecular weight is 424 g/mol. The van der Waals surface area contributed by atoms with Crippen LogP contribution in [-0.4, -0.2) is 38.8 Å². The Morgan fingerprint density at radius 3 is 2.62 bits per heavy atom. The lowest BCUT2D eigenvalue weighted by atomic mass is 9.98. The van der Waals surface area contributed by atoms with Gasteiger partial charge < -0.3 is 10.1 Å². The molecule has 1 heterocycles. The van der Waals surface area contributed by atoms with Gasteiger partial charge in [0.05, 0.1) is 23.6 Å². The fraction of sp³-hybridized carbons (Fsp3) is 0.350. The maximum absolute atomic E-state index is 13.8. The van der Waals surface area contributed by atoms with Crippen LogP contribution >= 0.6 is 0 Å². The summed E-state index contributed by atoms with van der Waals surface area (Å²) in [7, 11) is -2.28. The molecule has 0 bridgehead atoms. The van der Waals surface area contributed by atoms with Gasteiger partial charge in [0.25, 0.3) is 0 Å². The maximum Gasteiger partial charge on any atom is 0.243 e. The number of piperidine rings is 1. The van der Waals surface area contributed by atoms with Crippen LogP contribution < -0.4 is 10.1 Å². The normalized spacial score (nSPS) is 17.7. The highest BCUT2D eigenvalue weighted by Crippen LogP contribution is 2.28. The second-order valence-electron chi connectivity index (χ2n) is 6.95. The second kappa shape index (κ2) is 8.46. The van der Waals surface area contributed by atoms with E-state index in [1.54, 1.807) is 13.0 Å². The zero-order valence-electron chi connectivity index (χ0n) is 16.1. The topological polar surface area (TPSA) is 75.7 Å². The van der Waals surface area contributed by atoms with Gasteiger partial charge in [-0.05, 0) is 55.7 Å². The van der Waals surface area contributed by atoms with Gasteiger partial charge in [-0.3, -0.25) is 4.79 Å². The molecule has 1 atom stereocenters. The number of aryl methyl sites for hydroxylation is 1. The molecule has 1 amide bonds. The first-order valence-electron chi connectivity index (χ1n) is 9.13. The van der Waals surface area contributed by atoms with Gasteiger partial charge in [0.1, 0.15) is 17.4 Å². The van der Waals surface area contributed by atoms with Crippen molar-refractivity contribution in [2.75, 3.05) is 25.5 Å². The molecule has 2 aromatic carbocycles. The molecule has 0 saturated carbocycles. The molecule has 1 aliphatic rings. The summed E-state index contributed by atoms with van der Waals surface area (Å²) in [6, 6.07) is 7.46. The summed E-state index contributed by atoms with van der Waals surface area (Å²) in [5.41, 5.74) is 0.550. The van der Waals surface area contributed by atoms with Gasteiger partial charge in [-0.1, -0.05) is 0 Å². The summed E-state index contributed by atoms with van der Waals surface area (Å²) in [5, 5.41) is 2.42. The Balaban J connectivity index is 1.75. The van der Waals surface area contributed by atoms with Gasteiger partial charge in [-0.2, -0.15) is 4.31 Å². The molecule has 0 radical (unpaired) electrons. The molecule has 9 heteroatoms. The minimum absolute atomic E-state index is 0.0118. The van der Waals surface area contributed by atoms with Gasteiger partial charge in [0.2, 0.25) is 15.9 Å². The monoisotopic (exact) mass is 424 g/mol. The van der Waals surface area contributed by atoms with Crippen molar-refractivity contribution in [3.63, 3.8) is 0 Å². The van der Waals surface area contributed by atoms with Crippen LogP contribution in [0.15, 0.2) is 41.3 Å². The Labute approximate surface area is 168 Å². The summed E-state index contributed by atoms with van der Waals surface area (Å²) in [4.78, 5) is 12.7.